The largest absolute Gasteiger partial charge is 0.457 e. The summed E-state index contributed by atoms with van der Waals surface area (Å²) in [6, 6.07) is 18.6. The maximum absolute atomic E-state index is 6.03. The topological polar surface area (TPSA) is 21.3 Å². The molecule has 0 bridgehead atoms. The van der Waals surface area contributed by atoms with E-state index in [1.54, 1.807) is 0 Å². The number of rotatable bonds is 7. The molecule has 0 aliphatic carbocycles. The molecule has 2 aromatic rings. The van der Waals surface area contributed by atoms with E-state index in [1.807, 2.05) is 42.5 Å². The van der Waals surface area contributed by atoms with Crippen LogP contribution in [0.15, 0.2) is 54.6 Å². The second-order valence-electron chi connectivity index (χ2n) is 4.87. The molecule has 1 N–H and O–H groups in total. The van der Waals surface area contributed by atoms with Crippen molar-refractivity contribution in [3.63, 3.8) is 0 Å². The third-order valence-electron chi connectivity index (χ3n) is 3.31. The molecule has 0 radical (unpaired) electrons. The molecule has 2 heteroatoms. The Kier molecular flexibility index (Phi) is 5.63. The first-order chi connectivity index (χ1) is 9.85. The lowest BCUT2D eigenvalue weighted by molar-refractivity contribution is 0.449. The van der Waals surface area contributed by atoms with Gasteiger partial charge in [0.1, 0.15) is 11.5 Å². The molecule has 0 aliphatic rings. The van der Waals surface area contributed by atoms with Crippen LogP contribution < -0.4 is 10.1 Å². The van der Waals surface area contributed by atoms with Crippen molar-refractivity contribution >= 4 is 0 Å². The fourth-order valence-electron chi connectivity index (χ4n) is 2.27. The van der Waals surface area contributed by atoms with E-state index in [-0.39, 0.29) is 0 Å². The van der Waals surface area contributed by atoms with Crippen molar-refractivity contribution in [2.75, 3.05) is 6.54 Å². The molecule has 0 heterocycles. The summed E-state index contributed by atoms with van der Waals surface area (Å²) in [7, 11) is 0. The lowest BCUT2D eigenvalue weighted by Gasteiger charge is -2.20. The van der Waals surface area contributed by atoms with Gasteiger partial charge in [-0.25, -0.2) is 0 Å². The Hall–Kier alpha value is -1.80. The second-order valence-corrected chi connectivity index (χ2v) is 4.87. The molecule has 0 aromatic heterocycles. The predicted molar refractivity (Wildman–Crippen MR) is 84.3 cm³/mol. The van der Waals surface area contributed by atoms with Crippen molar-refractivity contribution in [3.05, 3.63) is 60.2 Å². The molecule has 106 valence electrons. The third-order valence-corrected chi connectivity index (χ3v) is 3.31. The fraction of sp³-hybridized carbons (Fsp3) is 0.333. The van der Waals surface area contributed by atoms with Crippen molar-refractivity contribution < 1.29 is 4.74 Å². The van der Waals surface area contributed by atoms with Crippen LogP contribution in [0.1, 0.15) is 38.3 Å². The van der Waals surface area contributed by atoms with Crippen LogP contribution in [0.5, 0.6) is 11.5 Å². The first-order valence-corrected chi connectivity index (χ1v) is 7.40. The van der Waals surface area contributed by atoms with Crippen molar-refractivity contribution in [1.82, 2.24) is 5.32 Å². The van der Waals surface area contributed by atoms with Crippen LogP contribution in [-0.4, -0.2) is 6.54 Å². The minimum Gasteiger partial charge on any atom is -0.457 e. The van der Waals surface area contributed by atoms with E-state index < -0.39 is 0 Å². The summed E-state index contributed by atoms with van der Waals surface area (Å²) >= 11 is 0. The SMILES string of the molecule is CCCNC(CC)c1ccccc1Oc1ccccc1. The number of para-hydroxylation sites is 2. The fourth-order valence-corrected chi connectivity index (χ4v) is 2.27. The van der Waals surface area contributed by atoms with Gasteiger partial charge in [-0.3, -0.25) is 0 Å². The lowest BCUT2D eigenvalue weighted by Crippen LogP contribution is -2.21. The number of hydrogen-bond acceptors (Lipinski definition) is 2. The highest BCUT2D eigenvalue weighted by Gasteiger charge is 2.13. The van der Waals surface area contributed by atoms with Crippen LogP contribution in [0.3, 0.4) is 0 Å². The monoisotopic (exact) mass is 269 g/mol. The van der Waals surface area contributed by atoms with Crippen LogP contribution >= 0.6 is 0 Å². The smallest absolute Gasteiger partial charge is 0.132 e. The van der Waals surface area contributed by atoms with Crippen LogP contribution in [0.25, 0.3) is 0 Å². The molecular weight excluding hydrogens is 246 g/mol. The van der Waals surface area contributed by atoms with E-state index in [9.17, 15) is 0 Å². The Balaban J connectivity index is 2.20. The molecule has 0 spiro atoms. The highest BCUT2D eigenvalue weighted by Crippen LogP contribution is 2.30. The van der Waals surface area contributed by atoms with E-state index in [1.165, 1.54) is 5.56 Å². The maximum Gasteiger partial charge on any atom is 0.132 e. The van der Waals surface area contributed by atoms with Gasteiger partial charge >= 0.3 is 0 Å². The van der Waals surface area contributed by atoms with Crippen LogP contribution in [-0.2, 0) is 0 Å². The molecule has 0 saturated heterocycles. The predicted octanol–water partition coefficient (Wildman–Crippen LogP) is 4.93. The molecule has 0 aliphatic heterocycles. The number of benzene rings is 2. The van der Waals surface area contributed by atoms with E-state index in [4.69, 9.17) is 4.74 Å². The summed E-state index contributed by atoms with van der Waals surface area (Å²) in [6.07, 6.45) is 2.19. The number of nitrogens with one attached hydrogen (secondary N) is 1. The maximum atomic E-state index is 6.03. The summed E-state index contributed by atoms with van der Waals surface area (Å²) in [4.78, 5) is 0. The van der Waals surface area contributed by atoms with Gasteiger partial charge in [-0.05, 0) is 37.6 Å². The lowest BCUT2D eigenvalue weighted by atomic mass is 10.0. The summed E-state index contributed by atoms with van der Waals surface area (Å²) in [5.41, 5.74) is 1.23. The van der Waals surface area contributed by atoms with E-state index >= 15 is 0 Å². The van der Waals surface area contributed by atoms with Crippen molar-refractivity contribution in [2.24, 2.45) is 0 Å². The first kappa shape index (κ1) is 14.6. The first-order valence-electron chi connectivity index (χ1n) is 7.40. The van der Waals surface area contributed by atoms with Gasteiger partial charge in [-0.15, -0.1) is 0 Å². The van der Waals surface area contributed by atoms with E-state index in [0.29, 0.717) is 6.04 Å². The zero-order valence-corrected chi connectivity index (χ0v) is 12.3. The molecule has 1 unspecified atom stereocenters. The number of ether oxygens (including phenoxy) is 1. The third kappa shape index (κ3) is 3.84. The summed E-state index contributed by atoms with van der Waals surface area (Å²) in [6.45, 7) is 5.41. The molecule has 2 nitrogen and oxygen atoms in total. The van der Waals surface area contributed by atoms with Gasteiger partial charge in [0.15, 0.2) is 0 Å². The highest BCUT2D eigenvalue weighted by molar-refractivity contribution is 5.39. The van der Waals surface area contributed by atoms with Crippen molar-refractivity contribution in [1.29, 1.82) is 0 Å². The van der Waals surface area contributed by atoms with Crippen molar-refractivity contribution in [2.45, 2.75) is 32.7 Å². The quantitative estimate of drug-likeness (QED) is 0.769. The minimum atomic E-state index is 0.342. The molecule has 20 heavy (non-hydrogen) atoms. The number of hydrogen-bond donors (Lipinski definition) is 1. The second kappa shape index (κ2) is 7.71. The Morgan fingerprint density at radius 1 is 0.950 bits per heavy atom. The summed E-state index contributed by atoms with van der Waals surface area (Å²) in [5, 5.41) is 3.58. The highest BCUT2D eigenvalue weighted by atomic mass is 16.5. The molecule has 0 fully saturated rings. The molecule has 2 rings (SSSR count). The average Bonchev–Trinajstić information content (AvgIpc) is 2.50. The van der Waals surface area contributed by atoms with E-state index in [0.717, 1.165) is 30.9 Å². The van der Waals surface area contributed by atoms with Gasteiger partial charge in [-0.1, -0.05) is 50.2 Å². The zero-order valence-electron chi connectivity index (χ0n) is 12.3. The molecule has 1 atom stereocenters. The van der Waals surface area contributed by atoms with Gasteiger partial charge in [0.25, 0.3) is 0 Å². The zero-order chi connectivity index (χ0) is 14.2. The van der Waals surface area contributed by atoms with Crippen LogP contribution in [0.2, 0.25) is 0 Å². The van der Waals surface area contributed by atoms with Crippen LogP contribution in [0, 0.1) is 0 Å². The Morgan fingerprint density at radius 2 is 1.65 bits per heavy atom. The van der Waals surface area contributed by atoms with Gasteiger partial charge in [0.2, 0.25) is 0 Å². The van der Waals surface area contributed by atoms with Gasteiger partial charge in [0, 0.05) is 11.6 Å². The minimum absolute atomic E-state index is 0.342. The molecule has 2 aromatic carbocycles. The average molecular weight is 269 g/mol. The van der Waals surface area contributed by atoms with E-state index in [2.05, 4.69) is 31.3 Å². The molecular formula is C18H23NO. The van der Waals surface area contributed by atoms with Gasteiger partial charge < -0.3 is 10.1 Å². The van der Waals surface area contributed by atoms with Gasteiger partial charge in [0.05, 0.1) is 0 Å². The summed E-state index contributed by atoms with van der Waals surface area (Å²) in [5.74, 6) is 1.82. The standard InChI is InChI=1S/C18H23NO/c1-3-14-19-17(4-2)16-12-8-9-13-18(16)20-15-10-6-5-7-11-15/h5-13,17,19H,3-4,14H2,1-2H3. The van der Waals surface area contributed by atoms with Crippen LogP contribution in [0.4, 0.5) is 0 Å². The summed E-state index contributed by atoms with van der Waals surface area (Å²) < 4.78 is 6.03. The Bertz CT molecular complexity index is 510. The molecule has 0 saturated carbocycles. The molecule has 0 amide bonds. The Morgan fingerprint density at radius 3 is 2.35 bits per heavy atom. The van der Waals surface area contributed by atoms with Crippen molar-refractivity contribution in [3.8, 4) is 11.5 Å². The Labute approximate surface area is 121 Å². The normalized spacial score (nSPS) is 12.1. The van der Waals surface area contributed by atoms with Gasteiger partial charge in [-0.2, -0.15) is 0 Å².